The molecule has 3 N–H and O–H groups in total. The van der Waals surface area contributed by atoms with Crippen LogP contribution in [0, 0.1) is 0 Å². The van der Waals surface area contributed by atoms with E-state index in [4.69, 9.17) is 0 Å². The number of amides is 2. The van der Waals surface area contributed by atoms with E-state index in [1.54, 1.807) is 25.4 Å². The fourth-order valence-corrected chi connectivity index (χ4v) is 1.42. The van der Waals surface area contributed by atoms with Crippen LogP contribution >= 0.6 is 0 Å². The maximum atomic E-state index is 11.1. The molecule has 92 valence electrons. The van der Waals surface area contributed by atoms with Crippen LogP contribution in [0.3, 0.4) is 0 Å². The average molecular weight is 244 g/mol. The molecule has 0 unspecified atom stereocenters. The van der Waals surface area contributed by atoms with Gasteiger partial charge in [0.25, 0.3) is 5.56 Å². The summed E-state index contributed by atoms with van der Waals surface area (Å²) in [5.41, 5.74) is 1.97. The fraction of sp³-hybridized carbons (Fsp3) is 0.0833. The Morgan fingerprint density at radius 1 is 1.28 bits per heavy atom. The van der Waals surface area contributed by atoms with Crippen LogP contribution in [-0.4, -0.2) is 23.0 Å². The van der Waals surface area contributed by atoms with Crippen molar-refractivity contribution in [2.75, 3.05) is 12.4 Å². The molecular weight excluding hydrogens is 232 g/mol. The molecule has 2 amide bonds. The lowest BCUT2D eigenvalue weighted by Gasteiger charge is -2.05. The maximum Gasteiger partial charge on any atom is 0.318 e. The topological polar surface area (TPSA) is 86.9 Å². The first-order valence-corrected chi connectivity index (χ1v) is 5.33. The van der Waals surface area contributed by atoms with Crippen molar-refractivity contribution >= 4 is 11.7 Å². The number of carbonyl (C=O) groups is 1. The molecule has 6 heteroatoms. The van der Waals surface area contributed by atoms with Crippen LogP contribution in [0.5, 0.6) is 0 Å². The molecule has 0 aliphatic rings. The number of anilines is 1. The molecule has 0 fully saturated rings. The van der Waals surface area contributed by atoms with Crippen LogP contribution in [0.1, 0.15) is 0 Å². The molecule has 2 rings (SSSR count). The normalized spacial score (nSPS) is 9.83. The first-order chi connectivity index (χ1) is 8.69. The number of aromatic nitrogens is 2. The monoisotopic (exact) mass is 244 g/mol. The molecule has 6 nitrogen and oxygen atoms in total. The van der Waals surface area contributed by atoms with E-state index in [-0.39, 0.29) is 11.6 Å². The fourth-order valence-electron chi connectivity index (χ4n) is 1.42. The molecule has 0 atom stereocenters. The molecule has 0 radical (unpaired) electrons. The van der Waals surface area contributed by atoms with Gasteiger partial charge in [0, 0.05) is 24.5 Å². The third-order valence-corrected chi connectivity index (χ3v) is 2.34. The van der Waals surface area contributed by atoms with Crippen LogP contribution in [0.15, 0.2) is 41.5 Å². The molecule has 0 bridgehead atoms. The van der Waals surface area contributed by atoms with Crippen molar-refractivity contribution in [3.8, 4) is 11.3 Å². The molecule has 0 saturated heterocycles. The lowest BCUT2D eigenvalue weighted by Crippen LogP contribution is -2.24. The van der Waals surface area contributed by atoms with Gasteiger partial charge in [-0.05, 0) is 12.1 Å². The van der Waals surface area contributed by atoms with Crippen molar-refractivity contribution in [3.05, 3.63) is 47.0 Å². The van der Waals surface area contributed by atoms with Crippen molar-refractivity contribution in [3.63, 3.8) is 0 Å². The number of H-pyrrole nitrogens is 1. The van der Waals surface area contributed by atoms with E-state index in [1.165, 1.54) is 6.20 Å². The lowest BCUT2D eigenvalue weighted by atomic mass is 10.1. The highest BCUT2D eigenvalue weighted by Gasteiger charge is 2.01. The predicted molar refractivity (Wildman–Crippen MR) is 68.4 cm³/mol. The Morgan fingerprint density at radius 2 is 2.00 bits per heavy atom. The molecule has 0 spiro atoms. The summed E-state index contributed by atoms with van der Waals surface area (Å²) in [7, 11) is 1.55. The van der Waals surface area contributed by atoms with Crippen molar-refractivity contribution < 1.29 is 4.79 Å². The summed E-state index contributed by atoms with van der Waals surface area (Å²) in [6.07, 6.45) is 2.77. The van der Waals surface area contributed by atoms with Crippen molar-refractivity contribution in [2.24, 2.45) is 0 Å². The van der Waals surface area contributed by atoms with Gasteiger partial charge in [-0.15, -0.1) is 0 Å². The minimum absolute atomic E-state index is 0.239. The molecule has 1 heterocycles. The lowest BCUT2D eigenvalue weighted by molar-refractivity contribution is 0.254. The molecule has 0 aliphatic heterocycles. The van der Waals surface area contributed by atoms with Crippen LogP contribution in [-0.2, 0) is 0 Å². The minimum atomic E-state index is -0.273. The number of benzene rings is 1. The summed E-state index contributed by atoms with van der Waals surface area (Å²) < 4.78 is 0. The first-order valence-electron chi connectivity index (χ1n) is 5.33. The highest BCUT2D eigenvalue weighted by molar-refractivity contribution is 5.89. The number of rotatable bonds is 2. The average Bonchev–Trinajstić information content (AvgIpc) is 2.40. The minimum Gasteiger partial charge on any atom is -0.341 e. The van der Waals surface area contributed by atoms with E-state index in [0.29, 0.717) is 11.4 Å². The Bertz CT molecular complexity index is 584. The Balaban J connectivity index is 2.19. The van der Waals surface area contributed by atoms with Gasteiger partial charge in [-0.25, -0.2) is 9.78 Å². The van der Waals surface area contributed by atoms with E-state index in [9.17, 15) is 9.59 Å². The molecule has 1 aromatic carbocycles. The zero-order chi connectivity index (χ0) is 13.0. The second kappa shape index (κ2) is 5.13. The largest absolute Gasteiger partial charge is 0.341 e. The number of hydrogen-bond acceptors (Lipinski definition) is 3. The van der Waals surface area contributed by atoms with E-state index < -0.39 is 0 Å². The zero-order valence-electron chi connectivity index (χ0n) is 9.73. The Kier molecular flexibility index (Phi) is 3.38. The van der Waals surface area contributed by atoms with Gasteiger partial charge in [-0.2, -0.15) is 0 Å². The predicted octanol–water partition coefficient (Wildman–Crippen LogP) is 1.19. The van der Waals surface area contributed by atoms with Gasteiger partial charge in [-0.1, -0.05) is 12.1 Å². The summed E-state index contributed by atoms with van der Waals surface area (Å²) in [4.78, 5) is 28.6. The van der Waals surface area contributed by atoms with Gasteiger partial charge in [0.15, 0.2) is 0 Å². The molecular formula is C12H12N4O2. The van der Waals surface area contributed by atoms with E-state index in [1.807, 2.05) is 12.1 Å². The summed E-state index contributed by atoms with van der Waals surface area (Å²) in [6, 6.07) is 6.87. The first kappa shape index (κ1) is 11.8. The van der Waals surface area contributed by atoms with Crippen molar-refractivity contribution in [2.45, 2.75) is 0 Å². The third kappa shape index (κ3) is 2.73. The summed E-state index contributed by atoms with van der Waals surface area (Å²) >= 11 is 0. The number of urea groups is 1. The molecule has 2 aromatic rings. The summed E-state index contributed by atoms with van der Waals surface area (Å²) in [6.45, 7) is 0. The van der Waals surface area contributed by atoms with Gasteiger partial charge < -0.3 is 15.6 Å². The zero-order valence-corrected chi connectivity index (χ0v) is 9.73. The number of nitrogens with one attached hydrogen (secondary N) is 3. The maximum absolute atomic E-state index is 11.1. The Morgan fingerprint density at radius 3 is 2.56 bits per heavy atom. The second-order valence-corrected chi connectivity index (χ2v) is 3.58. The van der Waals surface area contributed by atoms with Gasteiger partial charge >= 0.3 is 6.03 Å². The van der Waals surface area contributed by atoms with Crippen LogP contribution in [0.2, 0.25) is 0 Å². The number of carbonyl (C=O) groups excluding carboxylic acids is 1. The second-order valence-electron chi connectivity index (χ2n) is 3.58. The third-order valence-electron chi connectivity index (χ3n) is 2.34. The van der Waals surface area contributed by atoms with Gasteiger partial charge in [-0.3, -0.25) is 4.79 Å². The highest BCUT2D eigenvalue weighted by atomic mass is 16.2. The Hall–Kier alpha value is -2.63. The summed E-state index contributed by atoms with van der Waals surface area (Å²) in [5, 5.41) is 5.11. The molecule has 1 aromatic heterocycles. The summed E-state index contributed by atoms with van der Waals surface area (Å²) in [5.74, 6) is 0. The molecule has 18 heavy (non-hydrogen) atoms. The number of nitrogens with zero attached hydrogens (tertiary/aromatic N) is 1. The Labute approximate surface area is 103 Å². The van der Waals surface area contributed by atoms with Crippen LogP contribution in [0.25, 0.3) is 11.3 Å². The molecule has 0 saturated carbocycles. The van der Waals surface area contributed by atoms with E-state index in [2.05, 4.69) is 20.6 Å². The number of hydrogen-bond donors (Lipinski definition) is 3. The van der Waals surface area contributed by atoms with Crippen LogP contribution < -0.4 is 16.2 Å². The van der Waals surface area contributed by atoms with E-state index >= 15 is 0 Å². The van der Waals surface area contributed by atoms with Gasteiger partial charge in [0.1, 0.15) is 0 Å². The van der Waals surface area contributed by atoms with Crippen molar-refractivity contribution in [1.29, 1.82) is 0 Å². The standard InChI is InChI=1S/C12H12N4O2/c1-13-12(18)16-9-4-2-8(3-5-9)10-6-15-11(17)7-14-10/h2-7H,1H3,(H,15,17)(H2,13,16,18). The van der Waals surface area contributed by atoms with Crippen LogP contribution in [0.4, 0.5) is 10.5 Å². The SMILES string of the molecule is CNC(=O)Nc1ccc(-c2c[nH]c(=O)cn2)cc1. The van der Waals surface area contributed by atoms with Gasteiger partial charge in [0.2, 0.25) is 0 Å². The smallest absolute Gasteiger partial charge is 0.318 e. The highest BCUT2D eigenvalue weighted by Crippen LogP contribution is 2.17. The van der Waals surface area contributed by atoms with Gasteiger partial charge in [0.05, 0.1) is 11.9 Å². The number of aromatic amines is 1. The van der Waals surface area contributed by atoms with E-state index in [0.717, 1.165) is 5.56 Å². The van der Waals surface area contributed by atoms with Crippen molar-refractivity contribution in [1.82, 2.24) is 15.3 Å². The molecule has 0 aliphatic carbocycles. The quantitative estimate of drug-likeness (QED) is 0.741.